The fourth-order valence-electron chi connectivity index (χ4n) is 2.94. The van der Waals surface area contributed by atoms with Crippen molar-refractivity contribution in [3.05, 3.63) is 45.0 Å². The van der Waals surface area contributed by atoms with Gasteiger partial charge in [-0.25, -0.2) is 9.69 Å². The Bertz CT molecular complexity index is 1010. The van der Waals surface area contributed by atoms with E-state index < -0.39 is 29.4 Å². The van der Waals surface area contributed by atoms with Crippen molar-refractivity contribution < 1.29 is 28.7 Å². The average Bonchev–Trinajstić information content (AvgIpc) is 2.91. The first kappa shape index (κ1) is 20.0. The summed E-state index contributed by atoms with van der Waals surface area (Å²) in [6.07, 6.45) is 1.18. The second-order valence-electron chi connectivity index (χ2n) is 5.97. The van der Waals surface area contributed by atoms with Crippen molar-refractivity contribution in [2.75, 3.05) is 11.5 Å². The zero-order chi connectivity index (χ0) is 20.6. The molecule has 9 heteroatoms. The number of nitrogens with zero attached hydrogens (tertiary/aromatic N) is 1. The van der Waals surface area contributed by atoms with Gasteiger partial charge >= 0.3 is 5.97 Å². The molecule has 1 aromatic rings. The standard InChI is InChI=1S/C19H13Cl2NO6/c1-2-28-19(27)13(21)8-9-7-10(3-5-12(9)20)22-17(25)11-4-6-14(23)16(24)15(11)18(22)26/h3,5,7-8H,2,4,6H2,1H3. The third kappa shape index (κ3) is 3.39. The van der Waals surface area contributed by atoms with Gasteiger partial charge in [0.05, 0.1) is 12.3 Å². The molecule has 3 rings (SSSR count). The molecule has 1 aromatic carbocycles. The van der Waals surface area contributed by atoms with Crippen LogP contribution in [0.3, 0.4) is 0 Å². The second kappa shape index (κ2) is 7.69. The Labute approximate surface area is 169 Å². The smallest absolute Gasteiger partial charge is 0.349 e. The molecule has 0 atom stereocenters. The normalized spacial score (nSPS) is 17.4. The lowest BCUT2D eigenvalue weighted by molar-refractivity contribution is -0.137. The summed E-state index contributed by atoms with van der Waals surface area (Å²) in [6, 6.07) is 4.21. The summed E-state index contributed by atoms with van der Waals surface area (Å²) >= 11 is 12.0. The van der Waals surface area contributed by atoms with Gasteiger partial charge in [0.15, 0.2) is 0 Å². The fraction of sp³-hybridized carbons (Fsp3) is 0.211. The first-order valence-corrected chi connectivity index (χ1v) is 9.05. The number of rotatable bonds is 4. The van der Waals surface area contributed by atoms with E-state index >= 15 is 0 Å². The van der Waals surface area contributed by atoms with Gasteiger partial charge in [-0.1, -0.05) is 23.2 Å². The van der Waals surface area contributed by atoms with Gasteiger partial charge in [-0.15, -0.1) is 0 Å². The molecule has 0 saturated carbocycles. The van der Waals surface area contributed by atoms with E-state index in [0.29, 0.717) is 0 Å². The Kier molecular flexibility index (Phi) is 5.49. The first-order valence-electron chi connectivity index (χ1n) is 8.29. The predicted molar refractivity (Wildman–Crippen MR) is 101 cm³/mol. The minimum Gasteiger partial charge on any atom is -0.462 e. The molecular weight excluding hydrogens is 409 g/mol. The molecule has 1 aliphatic heterocycles. The molecule has 2 aliphatic rings. The van der Waals surface area contributed by atoms with Crippen LogP contribution in [0.4, 0.5) is 5.69 Å². The van der Waals surface area contributed by atoms with Gasteiger partial charge in [0.1, 0.15) is 10.6 Å². The Morgan fingerprint density at radius 2 is 1.89 bits per heavy atom. The van der Waals surface area contributed by atoms with Crippen molar-refractivity contribution in [1.82, 2.24) is 0 Å². The maximum absolute atomic E-state index is 12.6. The number of carbonyl (C=O) groups is 5. The average molecular weight is 422 g/mol. The molecule has 28 heavy (non-hydrogen) atoms. The Hall–Kier alpha value is -2.77. The molecule has 0 spiro atoms. The van der Waals surface area contributed by atoms with Crippen molar-refractivity contribution in [3.63, 3.8) is 0 Å². The lowest BCUT2D eigenvalue weighted by Gasteiger charge is -2.16. The summed E-state index contributed by atoms with van der Waals surface area (Å²) in [5.41, 5.74) is 0.0581. The largest absolute Gasteiger partial charge is 0.462 e. The van der Waals surface area contributed by atoms with Gasteiger partial charge in [0, 0.05) is 17.0 Å². The molecule has 0 radical (unpaired) electrons. The summed E-state index contributed by atoms with van der Waals surface area (Å²) in [6.45, 7) is 1.76. The van der Waals surface area contributed by atoms with E-state index in [4.69, 9.17) is 27.9 Å². The van der Waals surface area contributed by atoms with Gasteiger partial charge < -0.3 is 4.74 Å². The number of esters is 1. The highest BCUT2D eigenvalue weighted by Gasteiger charge is 2.46. The van der Waals surface area contributed by atoms with Crippen LogP contribution < -0.4 is 4.90 Å². The summed E-state index contributed by atoms with van der Waals surface area (Å²) in [5, 5.41) is -0.0209. The highest BCUT2D eigenvalue weighted by Crippen LogP contribution is 2.35. The number of imide groups is 1. The van der Waals surface area contributed by atoms with Crippen molar-refractivity contribution in [2.24, 2.45) is 0 Å². The summed E-state index contributed by atoms with van der Waals surface area (Å²) < 4.78 is 4.79. The third-order valence-electron chi connectivity index (χ3n) is 4.25. The lowest BCUT2D eigenvalue weighted by atomic mass is 9.91. The van der Waals surface area contributed by atoms with Crippen LogP contribution in [0.25, 0.3) is 6.08 Å². The number of ketones is 2. The topological polar surface area (TPSA) is 97.8 Å². The van der Waals surface area contributed by atoms with Crippen LogP contribution in [0.2, 0.25) is 5.02 Å². The zero-order valence-corrected chi connectivity index (χ0v) is 16.1. The monoisotopic (exact) mass is 421 g/mol. The molecule has 1 aliphatic carbocycles. The molecular formula is C19H13Cl2NO6. The molecule has 0 saturated heterocycles. The van der Waals surface area contributed by atoms with Crippen molar-refractivity contribution in [2.45, 2.75) is 19.8 Å². The minimum absolute atomic E-state index is 0.0335. The minimum atomic E-state index is -0.943. The van der Waals surface area contributed by atoms with Gasteiger partial charge in [-0.05, 0) is 43.2 Å². The zero-order valence-electron chi connectivity index (χ0n) is 14.6. The maximum Gasteiger partial charge on any atom is 0.349 e. The quantitative estimate of drug-likeness (QED) is 0.243. The Morgan fingerprint density at radius 1 is 1.18 bits per heavy atom. The van der Waals surface area contributed by atoms with E-state index in [2.05, 4.69) is 0 Å². The molecule has 0 unspecified atom stereocenters. The van der Waals surface area contributed by atoms with Crippen molar-refractivity contribution in [3.8, 4) is 0 Å². The van der Waals surface area contributed by atoms with E-state index in [1.807, 2.05) is 0 Å². The highest BCUT2D eigenvalue weighted by atomic mass is 35.5. The fourth-order valence-corrected chi connectivity index (χ4v) is 3.29. The molecule has 2 amide bonds. The predicted octanol–water partition coefficient (Wildman–Crippen LogP) is 2.58. The molecule has 0 bridgehead atoms. The summed E-state index contributed by atoms with van der Waals surface area (Å²) in [4.78, 5) is 61.4. The van der Waals surface area contributed by atoms with E-state index in [-0.39, 0.29) is 51.9 Å². The number of amides is 2. The van der Waals surface area contributed by atoms with Crippen LogP contribution in [-0.2, 0) is 28.7 Å². The highest BCUT2D eigenvalue weighted by molar-refractivity contribution is 6.56. The van der Waals surface area contributed by atoms with Crippen molar-refractivity contribution in [1.29, 1.82) is 0 Å². The summed E-state index contributed by atoms with van der Waals surface area (Å²) in [7, 11) is 0. The molecule has 0 N–H and O–H groups in total. The van der Waals surface area contributed by atoms with Crippen molar-refractivity contribution >= 4 is 64.3 Å². The number of anilines is 1. The molecule has 1 heterocycles. The Balaban J connectivity index is 1.98. The molecule has 7 nitrogen and oxygen atoms in total. The van der Waals surface area contributed by atoms with E-state index in [0.717, 1.165) is 4.90 Å². The number of hydrogen-bond donors (Lipinski definition) is 0. The van der Waals surface area contributed by atoms with Crippen LogP contribution in [0.15, 0.2) is 34.4 Å². The first-order chi connectivity index (χ1) is 13.3. The van der Waals surface area contributed by atoms with E-state index in [1.165, 1.54) is 24.3 Å². The maximum atomic E-state index is 12.6. The summed E-state index contributed by atoms with van der Waals surface area (Å²) in [5.74, 6) is -3.90. The number of ether oxygens (including phenoxy) is 1. The van der Waals surface area contributed by atoms with Gasteiger partial charge in [-0.2, -0.15) is 0 Å². The molecule has 0 fully saturated rings. The van der Waals surface area contributed by atoms with Crippen LogP contribution >= 0.6 is 23.2 Å². The molecule has 144 valence electrons. The second-order valence-corrected chi connectivity index (χ2v) is 6.78. The lowest BCUT2D eigenvalue weighted by Crippen LogP contribution is -2.33. The van der Waals surface area contributed by atoms with Crippen LogP contribution in [-0.4, -0.2) is 36.0 Å². The number of Topliss-reactive ketones (excluding diaryl/α,β-unsaturated/α-hetero) is 2. The van der Waals surface area contributed by atoms with Crippen LogP contribution in [0, 0.1) is 0 Å². The number of benzene rings is 1. The van der Waals surface area contributed by atoms with Gasteiger partial charge in [0.25, 0.3) is 11.8 Å². The van der Waals surface area contributed by atoms with Crippen LogP contribution in [0.1, 0.15) is 25.3 Å². The number of hydrogen-bond acceptors (Lipinski definition) is 6. The van der Waals surface area contributed by atoms with Crippen LogP contribution in [0.5, 0.6) is 0 Å². The Morgan fingerprint density at radius 3 is 2.57 bits per heavy atom. The van der Waals surface area contributed by atoms with Gasteiger partial charge in [-0.3, -0.25) is 19.2 Å². The van der Waals surface area contributed by atoms with Gasteiger partial charge in [0.2, 0.25) is 11.6 Å². The number of halogens is 2. The third-order valence-corrected chi connectivity index (χ3v) is 4.86. The SMILES string of the molecule is CCOC(=O)C(Cl)=Cc1cc(N2C(=O)C3=C(C(=O)C(=O)CC3)C2=O)ccc1Cl. The molecule has 0 aromatic heterocycles. The van der Waals surface area contributed by atoms with E-state index in [1.54, 1.807) is 6.92 Å². The number of carbonyl (C=O) groups excluding carboxylic acids is 5. The van der Waals surface area contributed by atoms with E-state index in [9.17, 15) is 24.0 Å².